The average molecular weight is 503 g/mol. The van der Waals surface area contributed by atoms with Gasteiger partial charge in [0.2, 0.25) is 5.62 Å². The Bertz CT molecular complexity index is 1130. The number of hydrogen-bond donors (Lipinski definition) is 1. The van der Waals surface area contributed by atoms with Crippen LogP contribution in [0, 0.1) is 5.41 Å². The van der Waals surface area contributed by atoms with Gasteiger partial charge in [0, 0.05) is 18.7 Å². The molecule has 1 aliphatic rings. The number of likely N-dealkylation sites (tertiary alicyclic amines) is 1. The maximum Gasteiger partial charge on any atom is 0.203 e. The molecule has 0 atom stereocenters. The van der Waals surface area contributed by atoms with Crippen LogP contribution in [0.25, 0.3) is 11.0 Å². The summed E-state index contributed by atoms with van der Waals surface area (Å²) >= 11 is 0. The fourth-order valence-corrected chi connectivity index (χ4v) is 4.35. The van der Waals surface area contributed by atoms with Crippen molar-refractivity contribution in [2.24, 2.45) is 0 Å². The summed E-state index contributed by atoms with van der Waals surface area (Å²) in [6.07, 6.45) is 3.81. The van der Waals surface area contributed by atoms with E-state index in [2.05, 4.69) is 4.90 Å². The van der Waals surface area contributed by atoms with Crippen molar-refractivity contribution in [3.8, 4) is 11.5 Å². The van der Waals surface area contributed by atoms with E-state index in [4.69, 9.17) is 14.9 Å². The number of ether oxygens (including phenoxy) is 2. The van der Waals surface area contributed by atoms with Crippen molar-refractivity contribution >= 4 is 33.8 Å². The van der Waals surface area contributed by atoms with Crippen LogP contribution >= 0.6 is 17.0 Å². The molecule has 0 bridgehead atoms. The van der Waals surface area contributed by atoms with Gasteiger partial charge in [-0.15, -0.1) is 17.0 Å². The maximum atomic E-state index is 13.1. The standard InChI is InChI=1S/C24H30N4O3.BrH/c1-30-22-11-10-18(16-23(22)31-2)21(29)17-28-20-9-5-4-8-19(20)27(24(28)25)15-14-26-12-6-3-7-13-26;/h4-5,8-11,16,25H,3,6-7,12-15,17H2,1-2H3;1H. The van der Waals surface area contributed by atoms with Crippen LogP contribution in [-0.4, -0.2) is 53.7 Å². The molecule has 7 nitrogen and oxygen atoms in total. The van der Waals surface area contributed by atoms with Gasteiger partial charge >= 0.3 is 0 Å². The van der Waals surface area contributed by atoms with E-state index in [1.165, 1.54) is 19.3 Å². The highest BCUT2D eigenvalue weighted by Crippen LogP contribution is 2.28. The molecule has 0 radical (unpaired) electrons. The molecule has 1 saturated heterocycles. The van der Waals surface area contributed by atoms with E-state index in [1.807, 2.05) is 28.8 Å². The SMILES string of the molecule is Br.COc1ccc(C(=O)Cn2c(=N)n(CCN3CCCCC3)c3ccccc32)cc1OC. The monoisotopic (exact) mass is 502 g/mol. The van der Waals surface area contributed by atoms with Gasteiger partial charge in [-0.1, -0.05) is 18.6 Å². The van der Waals surface area contributed by atoms with Crippen molar-refractivity contribution in [2.45, 2.75) is 32.4 Å². The number of ketones is 1. The second-order valence-corrected chi connectivity index (χ2v) is 7.95. The highest BCUT2D eigenvalue weighted by Gasteiger charge is 2.17. The van der Waals surface area contributed by atoms with Gasteiger partial charge < -0.3 is 23.5 Å². The quantitative estimate of drug-likeness (QED) is 0.474. The second kappa shape index (κ2) is 10.8. The molecule has 2 heterocycles. The Morgan fingerprint density at radius 3 is 2.22 bits per heavy atom. The summed E-state index contributed by atoms with van der Waals surface area (Å²) in [7, 11) is 3.12. The number of halogens is 1. The van der Waals surface area contributed by atoms with Gasteiger partial charge in [0.1, 0.15) is 0 Å². The van der Waals surface area contributed by atoms with E-state index in [0.29, 0.717) is 22.7 Å². The summed E-state index contributed by atoms with van der Waals surface area (Å²) in [6, 6.07) is 13.1. The minimum atomic E-state index is -0.0709. The minimum Gasteiger partial charge on any atom is -0.493 e. The molecule has 0 amide bonds. The van der Waals surface area contributed by atoms with E-state index in [-0.39, 0.29) is 29.3 Å². The number of para-hydroxylation sites is 2. The van der Waals surface area contributed by atoms with Crippen LogP contribution < -0.4 is 15.1 Å². The number of carbonyl (C=O) groups excluding carboxylic acids is 1. The van der Waals surface area contributed by atoms with Gasteiger partial charge in [-0.3, -0.25) is 10.2 Å². The maximum absolute atomic E-state index is 13.1. The lowest BCUT2D eigenvalue weighted by Gasteiger charge is -2.26. The second-order valence-electron chi connectivity index (χ2n) is 7.95. The lowest BCUT2D eigenvalue weighted by Crippen LogP contribution is -2.35. The molecule has 2 aromatic carbocycles. The first-order valence-electron chi connectivity index (χ1n) is 10.8. The van der Waals surface area contributed by atoms with E-state index in [1.54, 1.807) is 37.0 Å². The van der Waals surface area contributed by atoms with Gasteiger partial charge in [-0.25, -0.2) is 0 Å². The first kappa shape index (κ1) is 24.1. The summed E-state index contributed by atoms with van der Waals surface area (Å²) in [5.41, 5.74) is 2.78. The molecule has 1 aromatic heterocycles. The van der Waals surface area contributed by atoms with Gasteiger partial charge in [0.25, 0.3) is 0 Å². The van der Waals surface area contributed by atoms with Crippen molar-refractivity contribution < 1.29 is 14.3 Å². The Morgan fingerprint density at radius 2 is 1.56 bits per heavy atom. The highest BCUT2D eigenvalue weighted by molar-refractivity contribution is 8.93. The molecule has 0 unspecified atom stereocenters. The van der Waals surface area contributed by atoms with Crippen LogP contribution in [-0.2, 0) is 13.1 Å². The Hall–Kier alpha value is -2.58. The summed E-state index contributed by atoms with van der Waals surface area (Å²) in [4.78, 5) is 15.5. The van der Waals surface area contributed by atoms with Crippen LogP contribution in [0.5, 0.6) is 11.5 Å². The van der Waals surface area contributed by atoms with Crippen molar-refractivity contribution in [1.29, 1.82) is 5.41 Å². The molecule has 1 aliphatic heterocycles. The molecule has 32 heavy (non-hydrogen) atoms. The summed E-state index contributed by atoms with van der Waals surface area (Å²) in [5.74, 6) is 1.04. The summed E-state index contributed by atoms with van der Waals surface area (Å²) in [5, 5.41) is 8.80. The van der Waals surface area contributed by atoms with Crippen molar-refractivity contribution in [3.63, 3.8) is 0 Å². The molecular formula is C24H31BrN4O3. The van der Waals surface area contributed by atoms with Crippen molar-refractivity contribution in [1.82, 2.24) is 14.0 Å². The van der Waals surface area contributed by atoms with Crippen LogP contribution in [0.15, 0.2) is 42.5 Å². The molecule has 0 saturated carbocycles. The molecule has 0 spiro atoms. The zero-order chi connectivity index (χ0) is 21.8. The van der Waals surface area contributed by atoms with E-state index in [9.17, 15) is 4.79 Å². The number of nitrogens with zero attached hydrogens (tertiary/aromatic N) is 3. The number of piperidine rings is 1. The zero-order valence-electron chi connectivity index (χ0n) is 18.7. The number of aromatic nitrogens is 2. The minimum absolute atomic E-state index is 0. The molecule has 0 aliphatic carbocycles. The van der Waals surface area contributed by atoms with Gasteiger partial charge in [-0.2, -0.15) is 0 Å². The van der Waals surface area contributed by atoms with E-state index >= 15 is 0 Å². The first-order chi connectivity index (χ1) is 15.1. The fraction of sp³-hybridized carbons (Fsp3) is 0.417. The van der Waals surface area contributed by atoms with Crippen LogP contribution in [0.3, 0.4) is 0 Å². The third-order valence-electron chi connectivity index (χ3n) is 6.07. The molecule has 1 fully saturated rings. The van der Waals surface area contributed by atoms with Gasteiger partial charge in [-0.05, 0) is 56.3 Å². The Labute approximate surface area is 198 Å². The molecule has 3 aromatic rings. The third-order valence-corrected chi connectivity index (χ3v) is 6.07. The first-order valence-corrected chi connectivity index (χ1v) is 10.8. The Kier molecular flexibility index (Phi) is 8.15. The van der Waals surface area contributed by atoms with Crippen molar-refractivity contribution in [3.05, 3.63) is 53.6 Å². The fourth-order valence-electron chi connectivity index (χ4n) is 4.35. The van der Waals surface area contributed by atoms with Crippen LogP contribution in [0.2, 0.25) is 0 Å². The number of rotatable bonds is 8. The third kappa shape index (κ3) is 4.91. The average Bonchev–Trinajstić information content (AvgIpc) is 3.08. The molecule has 8 heteroatoms. The predicted molar refractivity (Wildman–Crippen MR) is 130 cm³/mol. The lowest BCUT2D eigenvalue weighted by molar-refractivity contribution is 0.0971. The van der Waals surface area contributed by atoms with Crippen molar-refractivity contribution in [2.75, 3.05) is 33.9 Å². The number of hydrogen-bond acceptors (Lipinski definition) is 5. The molecular weight excluding hydrogens is 472 g/mol. The topological polar surface area (TPSA) is 72.5 Å². The summed E-state index contributed by atoms with van der Waals surface area (Å²) < 4.78 is 14.4. The van der Waals surface area contributed by atoms with E-state index in [0.717, 1.165) is 37.2 Å². The Balaban J connectivity index is 0.00000289. The normalized spacial score (nSPS) is 14.2. The highest BCUT2D eigenvalue weighted by atomic mass is 79.9. The number of benzene rings is 2. The number of fused-ring (bicyclic) bond motifs is 1. The van der Waals surface area contributed by atoms with Gasteiger partial charge in [0.15, 0.2) is 17.3 Å². The molecule has 172 valence electrons. The number of nitrogens with one attached hydrogen (secondary N) is 1. The number of carbonyl (C=O) groups is 1. The lowest BCUT2D eigenvalue weighted by atomic mass is 10.1. The van der Waals surface area contributed by atoms with Gasteiger partial charge in [0.05, 0.1) is 31.8 Å². The largest absolute Gasteiger partial charge is 0.493 e. The van der Waals surface area contributed by atoms with Crippen LogP contribution in [0.4, 0.5) is 0 Å². The number of imidazole rings is 1. The van der Waals surface area contributed by atoms with E-state index < -0.39 is 0 Å². The zero-order valence-corrected chi connectivity index (χ0v) is 20.4. The number of methoxy groups -OCH3 is 2. The Morgan fingerprint density at radius 1 is 0.906 bits per heavy atom. The smallest absolute Gasteiger partial charge is 0.203 e. The predicted octanol–water partition coefficient (Wildman–Crippen LogP) is 3.89. The van der Waals surface area contributed by atoms with Crippen LogP contribution in [0.1, 0.15) is 29.6 Å². The molecule has 4 rings (SSSR count). The molecule has 1 N–H and O–H groups in total. The summed E-state index contributed by atoms with van der Waals surface area (Å²) in [6.45, 7) is 4.03. The number of Topliss-reactive ketones (excluding diaryl/α,β-unsaturated/α-hetero) is 1.